The van der Waals surface area contributed by atoms with Gasteiger partial charge in [-0.2, -0.15) is 9.50 Å². The zero-order valence-corrected chi connectivity index (χ0v) is 16.8. The smallest absolute Gasteiger partial charge is 0.225 e. The Kier molecular flexibility index (Phi) is 4.80. The first-order chi connectivity index (χ1) is 14.7. The van der Waals surface area contributed by atoms with Gasteiger partial charge in [0.25, 0.3) is 0 Å². The maximum Gasteiger partial charge on any atom is 0.225 e. The molecule has 0 aliphatic carbocycles. The lowest BCUT2D eigenvalue weighted by Gasteiger charge is -2.29. The molecule has 0 bridgehead atoms. The predicted molar refractivity (Wildman–Crippen MR) is 114 cm³/mol. The van der Waals surface area contributed by atoms with Gasteiger partial charge >= 0.3 is 0 Å². The van der Waals surface area contributed by atoms with Crippen molar-refractivity contribution in [1.29, 1.82) is 0 Å². The molecule has 4 aromatic heterocycles. The van der Waals surface area contributed by atoms with Crippen LogP contribution in [0.1, 0.15) is 18.4 Å². The molecule has 0 radical (unpaired) electrons. The average Bonchev–Trinajstić information content (AvgIpc) is 3.49. The van der Waals surface area contributed by atoms with Crippen molar-refractivity contribution < 1.29 is 4.42 Å². The molecule has 1 unspecified atom stereocenters. The van der Waals surface area contributed by atoms with E-state index in [1.165, 1.54) is 18.4 Å². The van der Waals surface area contributed by atoms with Gasteiger partial charge in [0, 0.05) is 44.6 Å². The minimum Gasteiger partial charge on any atom is -0.461 e. The number of aromatic nitrogens is 5. The van der Waals surface area contributed by atoms with Crippen LogP contribution in [0.5, 0.6) is 0 Å². The first-order valence-corrected chi connectivity index (χ1v) is 10.1. The summed E-state index contributed by atoms with van der Waals surface area (Å²) in [4.78, 5) is 17.9. The monoisotopic (exact) mass is 404 g/mol. The highest BCUT2D eigenvalue weighted by Crippen LogP contribution is 2.24. The quantitative estimate of drug-likeness (QED) is 0.523. The SMILES string of the molecule is CN(CC1CCCN1Cc1ccncc1)c1cc2nc(-c3ccco3)nn2c(N)n1. The summed E-state index contributed by atoms with van der Waals surface area (Å²) in [6, 6.07) is 10.2. The van der Waals surface area contributed by atoms with Crippen LogP contribution in [0.3, 0.4) is 0 Å². The topological polar surface area (TPSA) is 102 Å². The van der Waals surface area contributed by atoms with Gasteiger partial charge in [-0.3, -0.25) is 9.88 Å². The Bertz CT molecular complexity index is 1120. The van der Waals surface area contributed by atoms with Gasteiger partial charge in [0.05, 0.1) is 6.26 Å². The number of hydrogen-bond donors (Lipinski definition) is 1. The summed E-state index contributed by atoms with van der Waals surface area (Å²) in [5.41, 5.74) is 8.11. The Hall–Kier alpha value is -3.46. The van der Waals surface area contributed by atoms with Gasteiger partial charge in [-0.15, -0.1) is 5.10 Å². The largest absolute Gasteiger partial charge is 0.461 e. The molecule has 1 atom stereocenters. The van der Waals surface area contributed by atoms with Crippen LogP contribution in [0.25, 0.3) is 17.2 Å². The molecule has 0 amide bonds. The number of likely N-dealkylation sites (tertiary alicyclic amines) is 1. The van der Waals surface area contributed by atoms with Crippen molar-refractivity contribution in [2.75, 3.05) is 30.8 Å². The molecule has 4 aromatic rings. The summed E-state index contributed by atoms with van der Waals surface area (Å²) in [6.07, 6.45) is 7.67. The second-order valence-electron chi connectivity index (χ2n) is 7.66. The average molecular weight is 404 g/mol. The molecule has 9 nitrogen and oxygen atoms in total. The van der Waals surface area contributed by atoms with Crippen LogP contribution in [0.2, 0.25) is 0 Å². The van der Waals surface area contributed by atoms with Crippen molar-refractivity contribution in [3.63, 3.8) is 0 Å². The second kappa shape index (κ2) is 7.75. The highest BCUT2D eigenvalue weighted by Gasteiger charge is 2.26. The fraction of sp³-hybridized carbons (Fsp3) is 0.333. The third-order valence-electron chi connectivity index (χ3n) is 5.59. The number of hydrogen-bond acceptors (Lipinski definition) is 8. The summed E-state index contributed by atoms with van der Waals surface area (Å²) < 4.78 is 6.94. The number of nitrogen functional groups attached to an aromatic ring is 1. The van der Waals surface area contributed by atoms with E-state index in [0.29, 0.717) is 29.2 Å². The third-order valence-corrected chi connectivity index (χ3v) is 5.59. The van der Waals surface area contributed by atoms with E-state index in [2.05, 4.69) is 42.0 Å². The zero-order chi connectivity index (χ0) is 20.5. The molecule has 1 aliphatic heterocycles. The second-order valence-corrected chi connectivity index (χ2v) is 7.66. The third kappa shape index (κ3) is 3.59. The molecule has 1 aliphatic rings. The lowest BCUT2D eigenvalue weighted by Crippen LogP contribution is -2.39. The Morgan fingerprint density at radius 3 is 2.90 bits per heavy atom. The first-order valence-electron chi connectivity index (χ1n) is 10.1. The summed E-state index contributed by atoms with van der Waals surface area (Å²) in [5, 5.41) is 4.41. The molecule has 0 spiro atoms. The molecular formula is C21H24N8O. The molecule has 1 fully saturated rings. The molecular weight excluding hydrogens is 380 g/mol. The molecule has 154 valence electrons. The van der Waals surface area contributed by atoms with Crippen LogP contribution >= 0.6 is 0 Å². The van der Waals surface area contributed by atoms with Gasteiger partial charge in [-0.1, -0.05) is 0 Å². The number of anilines is 2. The molecule has 30 heavy (non-hydrogen) atoms. The van der Waals surface area contributed by atoms with Gasteiger partial charge in [-0.25, -0.2) is 4.98 Å². The van der Waals surface area contributed by atoms with E-state index < -0.39 is 0 Å². The van der Waals surface area contributed by atoms with Gasteiger partial charge in [0.2, 0.25) is 11.8 Å². The molecule has 2 N–H and O–H groups in total. The Morgan fingerprint density at radius 1 is 1.23 bits per heavy atom. The van der Waals surface area contributed by atoms with Gasteiger partial charge in [0.1, 0.15) is 5.82 Å². The summed E-state index contributed by atoms with van der Waals surface area (Å²) >= 11 is 0. The molecule has 5 heterocycles. The van der Waals surface area contributed by atoms with Crippen LogP contribution in [-0.4, -0.2) is 55.6 Å². The molecule has 0 saturated carbocycles. The maximum absolute atomic E-state index is 6.17. The Balaban J connectivity index is 1.34. The number of fused-ring (bicyclic) bond motifs is 1. The number of likely N-dealkylation sites (N-methyl/N-ethyl adjacent to an activating group) is 1. The van der Waals surface area contributed by atoms with E-state index in [1.54, 1.807) is 16.8 Å². The van der Waals surface area contributed by atoms with Crippen molar-refractivity contribution in [1.82, 2.24) is 29.5 Å². The molecule has 5 rings (SSSR count). The maximum atomic E-state index is 6.17. The summed E-state index contributed by atoms with van der Waals surface area (Å²) in [6.45, 7) is 2.91. The van der Waals surface area contributed by atoms with Gasteiger partial charge in [0.15, 0.2) is 11.4 Å². The van der Waals surface area contributed by atoms with Crippen LogP contribution in [0.4, 0.5) is 11.8 Å². The van der Waals surface area contributed by atoms with E-state index in [0.717, 1.165) is 25.5 Å². The van der Waals surface area contributed by atoms with Crippen LogP contribution in [0.15, 0.2) is 53.4 Å². The standard InChI is InChI=1S/C21H24N8O/c1-27(14-16-4-2-10-28(16)13-15-6-8-23-9-7-15)18-12-19-24-20(17-5-3-11-30-17)26-29(19)21(22)25-18/h3,5-9,11-12,16H,2,4,10,13-14H2,1H3,(H2,22,25). The Morgan fingerprint density at radius 2 is 2.10 bits per heavy atom. The minimum absolute atomic E-state index is 0.305. The van der Waals surface area contributed by atoms with E-state index in [9.17, 15) is 0 Å². The van der Waals surface area contributed by atoms with Crippen molar-refractivity contribution in [3.8, 4) is 11.6 Å². The van der Waals surface area contributed by atoms with E-state index >= 15 is 0 Å². The van der Waals surface area contributed by atoms with Gasteiger partial charge < -0.3 is 15.1 Å². The zero-order valence-electron chi connectivity index (χ0n) is 16.8. The fourth-order valence-corrected chi connectivity index (χ4v) is 4.05. The number of pyridine rings is 1. The number of furan rings is 1. The highest BCUT2D eigenvalue weighted by atomic mass is 16.3. The van der Waals surface area contributed by atoms with E-state index in [1.807, 2.05) is 31.6 Å². The van der Waals surface area contributed by atoms with E-state index in [4.69, 9.17) is 10.2 Å². The highest BCUT2D eigenvalue weighted by molar-refractivity contribution is 5.59. The normalized spacial score (nSPS) is 17.0. The molecule has 0 aromatic carbocycles. The van der Waals surface area contributed by atoms with Crippen LogP contribution < -0.4 is 10.6 Å². The lowest BCUT2D eigenvalue weighted by molar-refractivity contribution is 0.248. The first kappa shape index (κ1) is 18.6. The minimum atomic E-state index is 0.305. The molecule has 9 heteroatoms. The number of rotatable bonds is 6. The summed E-state index contributed by atoms with van der Waals surface area (Å²) in [5.74, 6) is 2.19. The van der Waals surface area contributed by atoms with Crippen molar-refractivity contribution in [2.24, 2.45) is 0 Å². The van der Waals surface area contributed by atoms with Crippen molar-refractivity contribution in [2.45, 2.75) is 25.4 Å². The van der Waals surface area contributed by atoms with Crippen molar-refractivity contribution in [3.05, 3.63) is 54.6 Å². The van der Waals surface area contributed by atoms with Crippen LogP contribution in [-0.2, 0) is 6.54 Å². The Labute approximate surface area is 174 Å². The lowest BCUT2D eigenvalue weighted by atomic mass is 10.2. The number of nitrogens with zero attached hydrogens (tertiary/aromatic N) is 7. The van der Waals surface area contributed by atoms with E-state index in [-0.39, 0.29) is 0 Å². The molecule has 1 saturated heterocycles. The van der Waals surface area contributed by atoms with Crippen molar-refractivity contribution >= 4 is 17.4 Å². The predicted octanol–water partition coefficient (Wildman–Crippen LogP) is 2.46. The van der Waals surface area contributed by atoms with Crippen LogP contribution in [0, 0.1) is 0 Å². The van der Waals surface area contributed by atoms with Gasteiger partial charge in [-0.05, 0) is 49.2 Å². The fourth-order valence-electron chi connectivity index (χ4n) is 4.05. The number of nitrogens with two attached hydrogens (primary N) is 1. The summed E-state index contributed by atoms with van der Waals surface area (Å²) in [7, 11) is 2.05.